The quantitative estimate of drug-likeness (QED) is 0.415. The van der Waals surface area contributed by atoms with Crippen LogP contribution < -0.4 is 10.6 Å². The molecule has 0 aromatic carbocycles. The largest absolute Gasteiger partial charge is 0.387 e. The van der Waals surface area contributed by atoms with Crippen LogP contribution >= 0.6 is 0 Å². The lowest BCUT2D eigenvalue weighted by Gasteiger charge is -2.33. The number of ether oxygens (including phenoxy) is 1. The van der Waals surface area contributed by atoms with Crippen LogP contribution in [0.2, 0.25) is 0 Å². The smallest absolute Gasteiger partial charge is 0.228 e. The van der Waals surface area contributed by atoms with Gasteiger partial charge in [-0.05, 0) is 13.8 Å². The first kappa shape index (κ1) is 21.6. The number of nitrogens with one attached hydrogen (secondary N) is 2. The highest BCUT2D eigenvalue weighted by Gasteiger charge is 2.25. The number of aliphatic imine (C=N–C) groups is 1. The van der Waals surface area contributed by atoms with E-state index in [2.05, 4.69) is 30.7 Å². The third-order valence-electron chi connectivity index (χ3n) is 4.22. The van der Waals surface area contributed by atoms with Gasteiger partial charge in [-0.25, -0.2) is 0 Å². The van der Waals surface area contributed by atoms with Crippen LogP contribution in [-0.4, -0.2) is 84.2 Å². The summed E-state index contributed by atoms with van der Waals surface area (Å²) in [6.45, 7) is 13.3. The number of nitrogens with zero attached hydrogens (tertiary/aromatic N) is 4. The molecule has 0 spiro atoms. The molecule has 1 aliphatic heterocycles. The number of hydrogen-bond acceptors (Lipinski definition) is 7. The van der Waals surface area contributed by atoms with E-state index in [-0.39, 0.29) is 5.92 Å². The third-order valence-corrected chi connectivity index (χ3v) is 4.22. The molecule has 1 saturated heterocycles. The Balaban J connectivity index is 1.81. The fourth-order valence-electron chi connectivity index (χ4n) is 2.77. The number of hydrogen-bond donors (Lipinski definition) is 3. The van der Waals surface area contributed by atoms with Gasteiger partial charge in [0, 0.05) is 45.1 Å². The van der Waals surface area contributed by atoms with Crippen LogP contribution in [0, 0.1) is 0 Å². The van der Waals surface area contributed by atoms with Crippen molar-refractivity contribution in [3.8, 4) is 0 Å². The van der Waals surface area contributed by atoms with Crippen molar-refractivity contribution >= 4 is 5.96 Å². The Morgan fingerprint density at radius 1 is 1.33 bits per heavy atom. The zero-order valence-electron chi connectivity index (χ0n) is 17.0. The molecular weight excluding hydrogens is 348 g/mol. The third kappa shape index (κ3) is 7.82. The molecule has 0 bridgehead atoms. The minimum Gasteiger partial charge on any atom is -0.387 e. The van der Waals surface area contributed by atoms with Gasteiger partial charge in [0.25, 0.3) is 0 Å². The predicted molar refractivity (Wildman–Crippen MR) is 104 cm³/mol. The van der Waals surface area contributed by atoms with Gasteiger partial charge in [0.15, 0.2) is 11.8 Å². The van der Waals surface area contributed by atoms with Crippen LogP contribution in [0.1, 0.15) is 45.3 Å². The van der Waals surface area contributed by atoms with Crippen molar-refractivity contribution in [1.82, 2.24) is 25.7 Å². The fourth-order valence-corrected chi connectivity index (χ4v) is 2.77. The highest BCUT2D eigenvalue weighted by Crippen LogP contribution is 2.10. The topological polar surface area (TPSA) is 108 Å². The number of morpholine rings is 1. The first-order valence-corrected chi connectivity index (χ1v) is 9.77. The molecule has 2 heterocycles. The van der Waals surface area contributed by atoms with Gasteiger partial charge >= 0.3 is 0 Å². The van der Waals surface area contributed by atoms with Crippen molar-refractivity contribution in [3.05, 3.63) is 11.7 Å². The number of guanidine groups is 1. The Morgan fingerprint density at radius 3 is 2.70 bits per heavy atom. The Hall–Kier alpha value is -1.71. The van der Waals surface area contributed by atoms with Gasteiger partial charge in [-0.1, -0.05) is 19.0 Å². The van der Waals surface area contributed by atoms with Crippen molar-refractivity contribution < 1.29 is 14.4 Å². The molecule has 1 fully saturated rings. The minimum absolute atomic E-state index is 0.253. The molecule has 9 heteroatoms. The molecule has 0 amide bonds. The van der Waals surface area contributed by atoms with Gasteiger partial charge in [-0.15, -0.1) is 0 Å². The average Bonchev–Trinajstić information content (AvgIpc) is 3.09. The Kier molecular flexibility index (Phi) is 8.46. The van der Waals surface area contributed by atoms with Gasteiger partial charge in [0.2, 0.25) is 5.89 Å². The lowest BCUT2D eigenvalue weighted by Crippen LogP contribution is -2.48. The van der Waals surface area contributed by atoms with Gasteiger partial charge < -0.3 is 25.0 Å². The van der Waals surface area contributed by atoms with Crippen molar-refractivity contribution in [3.63, 3.8) is 0 Å². The second-order valence-electron chi connectivity index (χ2n) is 7.46. The summed E-state index contributed by atoms with van der Waals surface area (Å²) in [5.41, 5.74) is -0.891. The van der Waals surface area contributed by atoms with Crippen LogP contribution in [0.4, 0.5) is 0 Å². The minimum atomic E-state index is -0.891. The van der Waals surface area contributed by atoms with Crippen molar-refractivity contribution in [2.75, 3.05) is 52.5 Å². The van der Waals surface area contributed by atoms with Crippen LogP contribution in [0.3, 0.4) is 0 Å². The fraction of sp³-hybridized carbons (Fsp3) is 0.833. The standard InChI is InChI=1S/C18H34N6O3/c1-5-19-17(20-7-6-15-22-16(14(2)3)23-27-15)21-12-18(4,25)13-24-8-10-26-11-9-24/h14,25H,5-13H2,1-4H3,(H2,19,20,21). The molecule has 1 aromatic heterocycles. The van der Waals surface area contributed by atoms with Gasteiger partial charge in [0.05, 0.1) is 25.4 Å². The van der Waals surface area contributed by atoms with Crippen molar-refractivity contribution in [2.45, 2.75) is 45.6 Å². The van der Waals surface area contributed by atoms with E-state index in [0.717, 1.165) is 38.7 Å². The first-order chi connectivity index (χ1) is 12.9. The maximum Gasteiger partial charge on any atom is 0.228 e. The van der Waals surface area contributed by atoms with E-state index >= 15 is 0 Å². The molecule has 2 rings (SSSR count). The van der Waals surface area contributed by atoms with E-state index in [1.165, 1.54) is 0 Å². The monoisotopic (exact) mass is 382 g/mol. The Morgan fingerprint density at radius 2 is 2.07 bits per heavy atom. The van der Waals surface area contributed by atoms with Crippen LogP contribution in [0.25, 0.3) is 0 Å². The van der Waals surface area contributed by atoms with E-state index < -0.39 is 5.60 Å². The summed E-state index contributed by atoms with van der Waals surface area (Å²) in [4.78, 5) is 11.1. The Bertz CT molecular complexity index is 581. The molecule has 1 aliphatic rings. The summed E-state index contributed by atoms with van der Waals surface area (Å²) in [7, 11) is 0. The molecule has 27 heavy (non-hydrogen) atoms. The zero-order chi connectivity index (χ0) is 19.7. The Labute approximate surface area is 161 Å². The lowest BCUT2D eigenvalue weighted by atomic mass is 10.1. The van der Waals surface area contributed by atoms with E-state index in [0.29, 0.717) is 37.9 Å². The summed E-state index contributed by atoms with van der Waals surface area (Å²) in [6, 6.07) is 0. The molecule has 0 saturated carbocycles. The molecule has 1 aromatic rings. The summed E-state index contributed by atoms with van der Waals surface area (Å²) in [5, 5.41) is 21.1. The van der Waals surface area contributed by atoms with Crippen LogP contribution in [0.5, 0.6) is 0 Å². The van der Waals surface area contributed by atoms with Gasteiger partial charge in [-0.2, -0.15) is 4.98 Å². The molecule has 1 unspecified atom stereocenters. The highest BCUT2D eigenvalue weighted by molar-refractivity contribution is 5.79. The number of aromatic nitrogens is 2. The molecule has 9 nitrogen and oxygen atoms in total. The maximum absolute atomic E-state index is 10.7. The van der Waals surface area contributed by atoms with Crippen molar-refractivity contribution in [2.24, 2.45) is 4.99 Å². The SMILES string of the molecule is CCNC(=NCC(C)(O)CN1CCOCC1)NCCc1nc(C(C)C)no1. The summed E-state index contributed by atoms with van der Waals surface area (Å²) >= 11 is 0. The molecule has 0 radical (unpaired) electrons. The second kappa shape index (κ2) is 10.6. The van der Waals surface area contributed by atoms with Crippen LogP contribution in [0.15, 0.2) is 9.52 Å². The van der Waals surface area contributed by atoms with Crippen molar-refractivity contribution in [1.29, 1.82) is 0 Å². The molecule has 154 valence electrons. The summed E-state index contributed by atoms with van der Waals surface area (Å²) in [5.74, 6) is 2.26. The summed E-state index contributed by atoms with van der Waals surface area (Å²) in [6.07, 6.45) is 0.619. The lowest BCUT2D eigenvalue weighted by molar-refractivity contribution is -0.0179. The predicted octanol–water partition coefficient (Wildman–Crippen LogP) is 0.374. The van der Waals surface area contributed by atoms with Gasteiger partial charge in [0.1, 0.15) is 0 Å². The van der Waals surface area contributed by atoms with E-state index in [9.17, 15) is 5.11 Å². The van der Waals surface area contributed by atoms with E-state index in [1.807, 2.05) is 27.7 Å². The highest BCUT2D eigenvalue weighted by atomic mass is 16.5. The van der Waals surface area contributed by atoms with Gasteiger partial charge in [-0.3, -0.25) is 9.89 Å². The van der Waals surface area contributed by atoms with E-state index in [4.69, 9.17) is 9.26 Å². The number of β-amino-alcohol motifs (C(OH)–C–C–N with tert-alkyl or cyclic N) is 1. The first-order valence-electron chi connectivity index (χ1n) is 9.77. The molecule has 3 N–H and O–H groups in total. The molecular formula is C18H34N6O3. The zero-order valence-corrected chi connectivity index (χ0v) is 17.0. The molecule has 1 atom stereocenters. The average molecular weight is 383 g/mol. The molecule has 0 aliphatic carbocycles. The maximum atomic E-state index is 10.7. The number of aliphatic hydroxyl groups is 1. The summed E-state index contributed by atoms with van der Waals surface area (Å²) < 4.78 is 10.6. The van der Waals surface area contributed by atoms with Crippen LogP contribution in [-0.2, 0) is 11.2 Å². The number of rotatable bonds is 9. The van der Waals surface area contributed by atoms with E-state index in [1.54, 1.807) is 0 Å². The second-order valence-corrected chi connectivity index (χ2v) is 7.46. The normalized spacial score (nSPS) is 18.5.